The molecule has 0 heterocycles. The van der Waals surface area contributed by atoms with Gasteiger partial charge in [0, 0.05) is 21.9 Å². The normalized spacial score (nSPS) is 62.7. The zero-order valence-corrected chi connectivity index (χ0v) is 4.41. The van der Waals surface area contributed by atoms with Gasteiger partial charge >= 0.3 is 0 Å². The van der Waals surface area contributed by atoms with Gasteiger partial charge in [0.25, 0.3) is 0 Å². The van der Waals surface area contributed by atoms with Gasteiger partial charge in [-0.05, 0) is 18.6 Å². The highest BCUT2D eigenvalue weighted by Crippen LogP contribution is 2.10. The molecule has 2 unspecified atom stereocenters. The highest BCUT2D eigenvalue weighted by atomic mass is 16.3. The van der Waals surface area contributed by atoms with E-state index in [2.05, 4.69) is 5.11 Å². The minimum atomic E-state index is -4.48. The van der Waals surface area contributed by atoms with Crippen LogP contribution in [0.25, 0.3) is 0 Å². The molecular weight excluding hydrogens is 112 g/mol. The van der Waals surface area contributed by atoms with Crippen molar-refractivity contribution in [2.45, 2.75) is 45.8 Å². The first-order chi connectivity index (χ1) is 11.3. The van der Waals surface area contributed by atoms with Crippen LogP contribution in [0, 0.1) is 5.89 Å². The average molecular weight is 148 g/mol. The van der Waals surface area contributed by atoms with Crippen LogP contribution in [0.3, 0.4) is 0 Å². The largest absolute Gasteiger partial charge is 0.393 e. The standard InChI is InChI=1S/C8H18O/c1-4-7(3)6-8(9)5-2/h7-9H,4-6H2,1-3H3/i1D3,2D3,3D3,4D2,5D2,6D2,7D,8D,9D. The maximum atomic E-state index is 7.97. The Morgan fingerprint density at radius 1 is 1.78 bits per heavy atom. The molecule has 0 fully saturated rings. The number of hydrogen-bond acceptors (Lipinski definition) is 1. The molecule has 0 saturated carbocycles. The SMILES string of the molecule is [2H]OC([2H])(C([2H])([2H])C([2H])([2H])[2H])C([2H])([2H])C([2H])(C([2H])([2H])[2H])C([2H])([2H])C([2H])([2H])[2H]. The Hall–Kier alpha value is -0.0400. The topological polar surface area (TPSA) is 20.2 Å². The minimum Gasteiger partial charge on any atom is -0.393 e. The van der Waals surface area contributed by atoms with Crippen LogP contribution in [0.5, 0.6) is 0 Å². The summed E-state index contributed by atoms with van der Waals surface area (Å²) in [6.07, 6.45) is -17.2. The zero-order chi connectivity index (χ0) is 22.7. The highest BCUT2D eigenvalue weighted by molar-refractivity contribution is 4.57. The molecule has 0 saturated heterocycles. The van der Waals surface area contributed by atoms with E-state index in [1.165, 1.54) is 0 Å². The molecule has 0 amide bonds. The maximum absolute atomic E-state index is 7.97. The third-order valence-corrected chi connectivity index (χ3v) is 0.477. The molecule has 1 nitrogen and oxygen atoms in total. The first-order valence-electron chi connectivity index (χ1n) is 10.9. The molecule has 0 aromatic rings. The third kappa shape index (κ3) is 4.46. The summed E-state index contributed by atoms with van der Waals surface area (Å²) in [7, 11) is 0. The van der Waals surface area contributed by atoms with Crippen molar-refractivity contribution in [3.05, 3.63) is 0 Å². The lowest BCUT2D eigenvalue weighted by Crippen LogP contribution is -2.09. The Kier molecular flexibility index (Phi) is 0.450. The summed E-state index contributed by atoms with van der Waals surface area (Å²) in [5.74, 6) is -4.44. The Balaban J connectivity index is 7.22. The van der Waals surface area contributed by atoms with E-state index < -0.39 is 51.6 Å². The second-order valence-electron chi connectivity index (χ2n) is 1.08. The second-order valence-corrected chi connectivity index (χ2v) is 1.08. The Labute approximate surface area is 83.5 Å². The Morgan fingerprint density at radius 2 is 2.67 bits per heavy atom. The van der Waals surface area contributed by atoms with E-state index in [9.17, 15) is 0 Å². The molecule has 0 spiro atoms. The Bertz CT molecular complexity index is 539. The monoisotopic (exact) mass is 148 g/mol. The van der Waals surface area contributed by atoms with Crippen LogP contribution in [-0.2, 0) is 0 Å². The molecule has 0 bridgehead atoms. The molecule has 0 aliphatic rings. The van der Waals surface area contributed by atoms with E-state index in [1.807, 2.05) is 0 Å². The molecule has 0 aromatic heterocycles. The fourth-order valence-electron chi connectivity index (χ4n) is 0.176. The van der Waals surface area contributed by atoms with Crippen LogP contribution in [0.2, 0.25) is 0 Å². The molecule has 2 atom stereocenters. The number of rotatable bonds is 5. The van der Waals surface area contributed by atoms with Gasteiger partial charge in [0.2, 0.25) is 1.43 Å². The molecule has 56 valence electrons. The molecule has 9 heavy (non-hydrogen) atoms. The molecule has 1 heteroatoms. The van der Waals surface area contributed by atoms with Crippen molar-refractivity contribution < 1.29 is 28.4 Å². The average Bonchev–Trinajstić information content (AvgIpc) is 2.40. The van der Waals surface area contributed by atoms with E-state index in [-0.39, 0.29) is 0 Å². The van der Waals surface area contributed by atoms with Gasteiger partial charge in [-0.15, -0.1) is 0 Å². The van der Waals surface area contributed by atoms with Crippen LogP contribution in [-0.4, -0.2) is 12.6 Å². The summed E-state index contributed by atoms with van der Waals surface area (Å²) in [5, 5.41) is 3.63. The van der Waals surface area contributed by atoms with Gasteiger partial charge in [-0.2, -0.15) is 0 Å². The fraction of sp³-hybridized carbons (Fsp3) is 1.00. The lowest BCUT2D eigenvalue weighted by Gasteiger charge is -2.11. The second kappa shape index (κ2) is 4.80. The molecular formula is C8H18O. The zero-order valence-electron chi connectivity index (χ0n) is 22.4. The van der Waals surface area contributed by atoms with Gasteiger partial charge in [-0.3, -0.25) is 0 Å². The van der Waals surface area contributed by atoms with E-state index in [1.54, 1.807) is 0 Å². The molecule has 0 aromatic carbocycles. The van der Waals surface area contributed by atoms with Crippen molar-refractivity contribution in [1.29, 1.82) is 1.43 Å². The van der Waals surface area contributed by atoms with Crippen molar-refractivity contribution in [1.82, 2.24) is 0 Å². The first kappa shape index (κ1) is 0.842. The van der Waals surface area contributed by atoms with Crippen LogP contribution in [0.1, 0.15) is 63.0 Å². The van der Waals surface area contributed by atoms with Crippen molar-refractivity contribution in [2.24, 2.45) is 5.89 Å². The first-order valence-corrected chi connectivity index (χ1v) is 1.95. The van der Waals surface area contributed by atoms with Gasteiger partial charge in [0.05, 0.1) is 7.45 Å². The number of aliphatic hydroxyl groups is 1. The smallest absolute Gasteiger partial charge is 0.210 e. The third-order valence-electron chi connectivity index (χ3n) is 0.477. The summed E-state index contributed by atoms with van der Waals surface area (Å²) in [5.41, 5.74) is 0. The Morgan fingerprint density at radius 3 is 3.22 bits per heavy atom. The minimum absolute atomic E-state index is 3.63. The molecule has 0 radical (unpaired) electrons. The van der Waals surface area contributed by atoms with Crippen molar-refractivity contribution in [2.75, 3.05) is 0 Å². The van der Waals surface area contributed by atoms with Gasteiger partial charge in [0.15, 0.2) is 0 Å². The number of hydrogen-bond donors (Lipinski definition) is 1. The fourth-order valence-corrected chi connectivity index (χ4v) is 0.176. The van der Waals surface area contributed by atoms with Gasteiger partial charge in [-0.25, -0.2) is 0 Å². The van der Waals surface area contributed by atoms with E-state index >= 15 is 0 Å². The summed E-state index contributed by atoms with van der Waals surface area (Å²) >= 11 is 0. The quantitative estimate of drug-likeness (QED) is 0.634. The van der Waals surface area contributed by atoms with Crippen LogP contribution < -0.4 is 0 Å². The predicted octanol–water partition coefficient (Wildman–Crippen LogP) is 2.19. The molecule has 0 aliphatic carbocycles. The summed E-state index contributed by atoms with van der Waals surface area (Å²) in [6, 6.07) is 0. The predicted molar refractivity (Wildman–Crippen MR) is 40.4 cm³/mol. The molecule has 0 aliphatic heterocycles. The van der Waals surface area contributed by atoms with Gasteiger partial charge < -0.3 is 5.11 Å². The highest BCUT2D eigenvalue weighted by Gasteiger charge is 2.04. The maximum Gasteiger partial charge on any atom is 0.210 e. The molecule has 0 rings (SSSR count). The van der Waals surface area contributed by atoms with Gasteiger partial charge in [0.1, 0.15) is 0 Å². The van der Waals surface area contributed by atoms with Crippen LogP contribution in [0.15, 0.2) is 0 Å². The van der Waals surface area contributed by atoms with E-state index in [0.717, 1.165) is 0 Å². The van der Waals surface area contributed by atoms with E-state index in [4.69, 9.17) is 24.7 Å². The van der Waals surface area contributed by atoms with Crippen LogP contribution in [0.4, 0.5) is 0 Å². The summed E-state index contributed by atoms with van der Waals surface area (Å²) in [4.78, 5) is 0. The lowest BCUT2D eigenvalue weighted by molar-refractivity contribution is 0.140. The van der Waals surface area contributed by atoms with Crippen molar-refractivity contribution in [3.63, 3.8) is 0 Å². The van der Waals surface area contributed by atoms with Gasteiger partial charge in [-0.1, -0.05) is 26.9 Å². The van der Waals surface area contributed by atoms with Crippen molar-refractivity contribution >= 4 is 0 Å². The summed E-state index contributed by atoms with van der Waals surface area (Å²) in [6.45, 7) is -12.0. The lowest BCUT2D eigenvalue weighted by atomic mass is 10.00. The summed E-state index contributed by atoms with van der Waals surface area (Å²) < 4.78 is 134. The van der Waals surface area contributed by atoms with Crippen LogP contribution >= 0.6 is 0 Å². The van der Waals surface area contributed by atoms with Crippen molar-refractivity contribution in [3.8, 4) is 0 Å². The van der Waals surface area contributed by atoms with E-state index in [0.29, 0.717) is 0 Å². The molecule has 1 N–H and O–H groups in total.